The molecule has 3 heterocycles. The lowest BCUT2D eigenvalue weighted by atomic mass is 9.97. The number of hydrogen-bond acceptors (Lipinski definition) is 8. The second kappa shape index (κ2) is 10.7. The zero-order valence-electron chi connectivity index (χ0n) is 20.7. The van der Waals surface area contributed by atoms with Crippen LogP contribution >= 0.6 is 0 Å². The quantitative estimate of drug-likeness (QED) is 0.322. The first kappa shape index (κ1) is 26.6. The maximum atomic E-state index is 13.1. The number of anilines is 1. The van der Waals surface area contributed by atoms with Gasteiger partial charge in [0.25, 0.3) is 21.9 Å². The minimum atomic E-state index is -4.44. The van der Waals surface area contributed by atoms with E-state index in [1.807, 2.05) is 13.0 Å². The molecule has 4 aromatic rings. The molecule has 0 aliphatic carbocycles. The summed E-state index contributed by atoms with van der Waals surface area (Å²) < 4.78 is 75.5. The Morgan fingerprint density at radius 2 is 1.90 bits per heavy atom. The molecule has 0 spiro atoms. The Bertz CT molecular complexity index is 1540. The molecular weight excluding hydrogens is 535 g/mol. The summed E-state index contributed by atoms with van der Waals surface area (Å²) in [7, 11) is -3.98. The van der Waals surface area contributed by atoms with Gasteiger partial charge in [-0.2, -0.15) is 18.2 Å². The average Bonchev–Trinajstić information content (AvgIpc) is 3.39. The van der Waals surface area contributed by atoms with Gasteiger partial charge in [-0.25, -0.2) is 18.1 Å². The van der Waals surface area contributed by atoms with E-state index in [1.165, 1.54) is 12.3 Å². The second-order valence-electron chi connectivity index (χ2n) is 9.06. The van der Waals surface area contributed by atoms with Crippen molar-refractivity contribution in [3.63, 3.8) is 0 Å². The van der Waals surface area contributed by atoms with Crippen LogP contribution in [0.5, 0.6) is 5.88 Å². The molecule has 0 radical (unpaired) electrons. The van der Waals surface area contributed by atoms with Gasteiger partial charge in [-0.3, -0.25) is 4.90 Å². The van der Waals surface area contributed by atoms with Gasteiger partial charge in [0.2, 0.25) is 5.88 Å². The maximum Gasteiger partial charge on any atom is 0.422 e. The van der Waals surface area contributed by atoms with E-state index in [-0.39, 0.29) is 28.7 Å². The summed E-state index contributed by atoms with van der Waals surface area (Å²) in [5, 5.41) is 3.73. The van der Waals surface area contributed by atoms with E-state index < -0.39 is 22.8 Å². The summed E-state index contributed by atoms with van der Waals surface area (Å²) in [5.74, 6) is -0.0816. The van der Waals surface area contributed by atoms with Crippen LogP contribution in [0.4, 0.5) is 19.1 Å². The Balaban J connectivity index is 1.27. The summed E-state index contributed by atoms with van der Waals surface area (Å²) in [4.78, 5) is 10.3. The molecular formula is C26H24F3N5O4S. The second-order valence-corrected chi connectivity index (χ2v) is 10.7. The van der Waals surface area contributed by atoms with Gasteiger partial charge >= 0.3 is 6.18 Å². The van der Waals surface area contributed by atoms with Crippen molar-refractivity contribution in [2.75, 3.05) is 17.9 Å². The molecule has 1 aliphatic rings. The van der Waals surface area contributed by atoms with Crippen LogP contribution in [0.1, 0.15) is 29.7 Å². The minimum Gasteiger partial charge on any atom is -0.468 e. The van der Waals surface area contributed by atoms with E-state index in [0.29, 0.717) is 18.5 Å². The van der Waals surface area contributed by atoms with Crippen molar-refractivity contribution in [3.8, 4) is 17.3 Å². The van der Waals surface area contributed by atoms with Gasteiger partial charge in [0.05, 0.1) is 4.90 Å². The number of alkyl halides is 3. The highest BCUT2D eigenvalue weighted by atomic mass is 32.2. The molecule has 2 aromatic carbocycles. The summed E-state index contributed by atoms with van der Waals surface area (Å²) in [5.41, 5.74) is 3.36. The number of sulfonamides is 1. The van der Waals surface area contributed by atoms with E-state index in [9.17, 15) is 21.6 Å². The molecule has 1 N–H and O–H groups in total. The highest BCUT2D eigenvalue weighted by molar-refractivity contribution is 7.92. The molecule has 2 aromatic heterocycles. The molecule has 0 amide bonds. The first-order chi connectivity index (χ1) is 18.6. The molecule has 5 rings (SSSR count). The third-order valence-corrected chi connectivity index (χ3v) is 7.70. The van der Waals surface area contributed by atoms with E-state index in [2.05, 4.69) is 29.5 Å². The van der Waals surface area contributed by atoms with Crippen LogP contribution in [0.2, 0.25) is 0 Å². The molecule has 13 heteroatoms. The van der Waals surface area contributed by atoms with Crippen LogP contribution < -0.4 is 9.46 Å². The number of rotatable bonds is 8. The van der Waals surface area contributed by atoms with Gasteiger partial charge in [0.15, 0.2) is 6.61 Å². The predicted octanol–water partition coefficient (Wildman–Crippen LogP) is 4.99. The fraction of sp³-hybridized carbons (Fsp3) is 0.269. The predicted molar refractivity (Wildman–Crippen MR) is 135 cm³/mol. The number of hydrogen-bond donors (Lipinski definition) is 1. The van der Waals surface area contributed by atoms with Gasteiger partial charge in [-0.15, -0.1) is 0 Å². The number of nitrogens with zero attached hydrogens (tertiary/aromatic N) is 4. The Morgan fingerprint density at radius 3 is 2.62 bits per heavy atom. The number of halogens is 3. The highest BCUT2D eigenvalue weighted by Gasteiger charge is 2.29. The van der Waals surface area contributed by atoms with Gasteiger partial charge in [-0.1, -0.05) is 30.3 Å². The number of aromatic nitrogens is 3. The largest absolute Gasteiger partial charge is 0.468 e. The highest BCUT2D eigenvalue weighted by Crippen LogP contribution is 2.30. The Hall–Kier alpha value is -3.97. The summed E-state index contributed by atoms with van der Waals surface area (Å²) in [6.07, 6.45) is -2.24. The lowest BCUT2D eigenvalue weighted by Crippen LogP contribution is -2.33. The van der Waals surface area contributed by atoms with Crippen LogP contribution in [0.25, 0.3) is 11.5 Å². The number of pyridine rings is 1. The molecule has 204 valence electrons. The molecule has 0 saturated carbocycles. The summed E-state index contributed by atoms with van der Waals surface area (Å²) in [6, 6.07) is 16.9. The normalized spacial score (nSPS) is 15.0. The van der Waals surface area contributed by atoms with Crippen LogP contribution in [-0.2, 0) is 23.0 Å². The van der Waals surface area contributed by atoms with E-state index >= 15 is 0 Å². The molecule has 1 aliphatic heterocycles. The first-order valence-corrected chi connectivity index (χ1v) is 13.5. The summed E-state index contributed by atoms with van der Waals surface area (Å²) in [6.45, 7) is 1.75. The van der Waals surface area contributed by atoms with Gasteiger partial charge in [0.1, 0.15) is 0 Å². The Morgan fingerprint density at radius 1 is 1.10 bits per heavy atom. The average molecular weight is 560 g/mol. The van der Waals surface area contributed by atoms with E-state index in [0.717, 1.165) is 23.2 Å². The fourth-order valence-corrected chi connectivity index (χ4v) is 5.27. The first-order valence-electron chi connectivity index (χ1n) is 12.0. The van der Waals surface area contributed by atoms with Gasteiger partial charge < -0.3 is 9.26 Å². The Labute approximate surface area is 222 Å². The zero-order valence-corrected chi connectivity index (χ0v) is 21.5. The van der Waals surface area contributed by atoms with Crippen LogP contribution in [0, 0.1) is 0 Å². The van der Waals surface area contributed by atoms with Crippen LogP contribution in [0.3, 0.4) is 0 Å². The molecule has 1 atom stereocenters. The lowest BCUT2D eigenvalue weighted by Gasteiger charge is -2.34. The van der Waals surface area contributed by atoms with Crippen molar-refractivity contribution in [1.29, 1.82) is 0 Å². The smallest absolute Gasteiger partial charge is 0.422 e. The van der Waals surface area contributed by atoms with Crippen molar-refractivity contribution < 1.29 is 30.8 Å². The van der Waals surface area contributed by atoms with E-state index in [4.69, 9.17) is 4.52 Å². The number of ether oxygens (including phenoxy) is 1. The van der Waals surface area contributed by atoms with Gasteiger partial charge in [0, 0.05) is 37.0 Å². The van der Waals surface area contributed by atoms with Gasteiger partial charge in [-0.05, 0) is 59.5 Å². The molecule has 39 heavy (non-hydrogen) atoms. The zero-order chi connectivity index (χ0) is 27.6. The van der Waals surface area contributed by atoms with Crippen molar-refractivity contribution in [3.05, 3.63) is 83.6 Å². The third kappa shape index (κ3) is 6.37. The maximum absolute atomic E-state index is 13.1. The van der Waals surface area contributed by atoms with E-state index in [1.54, 1.807) is 48.5 Å². The fourth-order valence-electron chi connectivity index (χ4n) is 4.29. The minimum absolute atomic E-state index is 0.0645. The SMILES string of the molecule is CC(c1ccc(OCC(F)(F)F)nc1)N1CCc2ccc(S(=O)(=O)Nc3noc(-c4ccccc4)n3)cc2C1. The summed E-state index contributed by atoms with van der Waals surface area (Å²) >= 11 is 0. The molecule has 9 nitrogen and oxygen atoms in total. The molecule has 0 fully saturated rings. The number of benzene rings is 2. The van der Waals surface area contributed by atoms with Crippen molar-refractivity contribution >= 4 is 16.0 Å². The lowest BCUT2D eigenvalue weighted by molar-refractivity contribution is -0.154. The van der Waals surface area contributed by atoms with Crippen molar-refractivity contribution in [2.45, 2.75) is 37.0 Å². The van der Waals surface area contributed by atoms with Crippen molar-refractivity contribution in [2.24, 2.45) is 0 Å². The standard InChI is InChI=1S/C26H24F3N5O4S/c1-17(20-8-10-23(30-14-20)37-16-26(27,28)29)34-12-11-18-7-9-22(13-21(18)15-34)39(35,36)33-25-31-24(38-32-25)19-5-3-2-4-6-19/h2-10,13-14,17H,11-12,15-16H2,1H3,(H,32,33). The molecule has 0 bridgehead atoms. The van der Waals surface area contributed by atoms with Crippen molar-refractivity contribution in [1.82, 2.24) is 20.0 Å². The van der Waals surface area contributed by atoms with Crippen LogP contribution in [0.15, 0.2) is 76.3 Å². The Kier molecular flexibility index (Phi) is 7.28. The molecule has 1 unspecified atom stereocenters. The monoisotopic (exact) mass is 559 g/mol. The topological polar surface area (TPSA) is 110 Å². The number of fused-ring (bicyclic) bond motifs is 1. The van der Waals surface area contributed by atoms with Crippen LogP contribution in [-0.4, -0.2) is 47.8 Å². The number of nitrogens with one attached hydrogen (secondary N) is 1. The molecule has 0 saturated heterocycles. The third-order valence-electron chi connectivity index (χ3n) is 6.38.